The Kier molecular flexibility index (Phi) is 5.99. The van der Waals surface area contributed by atoms with Crippen LogP contribution in [-0.2, 0) is 9.59 Å². The number of carbonyl (C=O) groups excluding carboxylic acids is 2. The molecule has 2 atom stereocenters. The minimum atomic E-state index is -0.0913. The third-order valence-corrected chi connectivity index (χ3v) is 4.22. The molecule has 20 heavy (non-hydrogen) atoms. The van der Waals surface area contributed by atoms with Crippen LogP contribution < -0.4 is 11.1 Å². The smallest absolute Gasteiger partial charge is 0.225 e. The van der Waals surface area contributed by atoms with Gasteiger partial charge < -0.3 is 16.0 Å². The maximum atomic E-state index is 12.5. The fourth-order valence-electron chi connectivity index (χ4n) is 2.38. The molecule has 1 saturated heterocycles. The van der Waals surface area contributed by atoms with Crippen LogP contribution in [0, 0.1) is 17.3 Å². The van der Waals surface area contributed by atoms with Gasteiger partial charge in [0.05, 0.1) is 5.92 Å². The van der Waals surface area contributed by atoms with Crippen molar-refractivity contribution >= 4 is 11.8 Å². The lowest BCUT2D eigenvalue weighted by molar-refractivity contribution is -0.141. The second-order valence-corrected chi connectivity index (χ2v) is 6.79. The van der Waals surface area contributed by atoms with Crippen LogP contribution in [-0.4, -0.2) is 42.9 Å². The molecule has 0 aromatic carbocycles. The summed E-state index contributed by atoms with van der Waals surface area (Å²) in [5, 5.41) is 2.82. The first kappa shape index (κ1) is 17.0. The van der Waals surface area contributed by atoms with Crippen molar-refractivity contribution in [3.8, 4) is 0 Å². The highest BCUT2D eigenvalue weighted by Crippen LogP contribution is 2.28. The van der Waals surface area contributed by atoms with E-state index in [9.17, 15) is 9.59 Å². The number of likely N-dealkylation sites (tertiary alicyclic amines) is 1. The van der Waals surface area contributed by atoms with Crippen molar-refractivity contribution in [2.24, 2.45) is 23.0 Å². The molecule has 5 heteroatoms. The maximum Gasteiger partial charge on any atom is 0.225 e. The van der Waals surface area contributed by atoms with Crippen molar-refractivity contribution in [3.05, 3.63) is 0 Å². The third-order valence-electron chi connectivity index (χ3n) is 4.22. The van der Waals surface area contributed by atoms with Gasteiger partial charge in [-0.15, -0.1) is 0 Å². The largest absolute Gasteiger partial charge is 0.355 e. The van der Waals surface area contributed by atoms with Crippen LogP contribution in [0.25, 0.3) is 0 Å². The Morgan fingerprint density at radius 3 is 2.60 bits per heavy atom. The van der Waals surface area contributed by atoms with Crippen molar-refractivity contribution in [3.63, 3.8) is 0 Å². The first-order valence-corrected chi connectivity index (χ1v) is 7.54. The van der Waals surface area contributed by atoms with Crippen molar-refractivity contribution in [2.75, 3.05) is 26.2 Å². The molecule has 1 heterocycles. The Balaban J connectivity index is 2.60. The highest BCUT2D eigenvalue weighted by Gasteiger charge is 2.34. The minimum Gasteiger partial charge on any atom is -0.355 e. The summed E-state index contributed by atoms with van der Waals surface area (Å²) in [7, 11) is 0. The minimum absolute atomic E-state index is 0.0244. The number of nitrogens with zero attached hydrogens (tertiary/aromatic N) is 1. The molecule has 116 valence electrons. The van der Waals surface area contributed by atoms with Gasteiger partial charge in [-0.1, -0.05) is 27.7 Å². The van der Waals surface area contributed by atoms with E-state index >= 15 is 0 Å². The molecule has 1 aliphatic rings. The zero-order valence-corrected chi connectivity index (χ0v) is 13.2. The quantitative estimate of drug-likeness (QED) is 0.807. The topological polar surface area (TPSA) is 75.4 Å². The predicted molar refractivity (Wildman–Crippen MR) is 80.0 cm³/mol. The van der Waals surface area contributed by atoms with Crippen LogP contribution in [0.5, 0.6) is 0 Å². The highest BCUT2D eigenvalue weighted by molar-refractivity contribution is 5.82. The van der Waals surface area contributed by atoms with Gasteiger partial charge in [0, 0.05) is 32.1 Å². The Bertz CT molecular complexity index is 350. The molecule has 0 bridgehead atoms. The maximum absolute atomic E-state index is 12.5. The third kappa shape index (κ3) is 4.47. The van der Waals surface area contributed by atoms with Crippen LogP contribution in [0.15, 0.2) is 0 Å². The number of hydrogen-bond acceptors (Lipinski definition) is 3. The molecule has 0 aliphatic carbocycles. The predicted octanol–water partition coefficient (Wildman–Crippen LogP) is 0.982. The summed E-state index contributed by atoms with van der Waals surface area (Å²) in [5.74, 6) is 0.0601. The van der Waals surface area contributed by atoms with Gasteiger partial charge in [0.2, 0.25) is 11.8 Å². The van der Waals surface area contributed by atoms with Crippen LogP contribution in [0.1, 0.15) is 40.5 Å². The van der Waals surface area contributed by atoms with E-state index in [1.807, 2.05) is 11.8 Å². The first-order chi connectivity index (χ1) is 9.27. The summed E-state index contributed by atoms with van der Waals surface area (Å²) >= 11 is 0. The number of rotatable bonds is 4. The monoisotopic (exact) mass is 283 g/mol. The summed E-state index contributed by atoms with van der Waals surface area (Å²) in [5.41, 5.74) is 5.34. The molecule has 0 spiro atoms. The van der Waals surface area contributed by atoms with E-state index in [0.717, 1.165) is 19.4 Å². The molecular formula is C15H29N3O2. The Morgan fingerprint density at radius 2 is 2.05 bits per heavy atom. The Labute approximate surface area is 122 Å². The molecule has 1 rings (SSSR count). The zero-order chi connectivity index (χ0) is 15.3. The first-order valence-electron chi connectivity index (χ1n) is 7.54. The van der Waals surface area contributed by atoms with E-state index in [4.69, 9.17) is 5.73 Å². The number of carbonyl (C=O) groups is 2. The van der Waals surface area contributed by atoms with Crippen LogP contribution in [0.2, 0.25) is 0 Å². The SMILES string of the molecule is CC(C(=O)N1CCCC(C(=O)NCCN)C1)C(C)(C)C. The number of hydrogen-bond donors (Lipinski definition) is 2. The molecule has 2 unspecified atom stereocenters. The lowest BCUT2D eigenvalue weighted by atomic mass is 9.80. The van der Waals surface area contributed by atoms with E-state index in [0.29, 0.717) is 19.6 Å². The molecule has 0 aromatic rings. The van der Waals surface area contributed by atoms with Gasteiger partial charge in [-0.05, 0) is 18.3 Å². The van der Waals surface area contributed by atoms with Gasteiger partial charge in [0.25, 0.3) is 0 Å². The lowest BCUT2D eigenvalue weighted by Crippen LogP contribution is -2.49. The molecule has 3 N–H and O–H groups in total. The van der Waals surface area contributed by atoms with E-state index < -0.39 is 0 Å². The molecule has 0 radical (unpaired) electrons. The van der Waals surface area contributed by atoms with Crippen LogP contribution in [0.4, 0.5) is 0 Å². The molecule has 2 amide bonds. The summed E-state index contributed by atoms with van der Waals surface area (Å²) in [6.45, 7) is 10.4. The van der Waals surface area contributed by atoms with Gasteiger partial charge in [-0.25, -0.2) is 0 Å². The van der Waals surface area contributed by atoms with Crippen molar-refractivity contribution < 1.29 is 9.59 Å². The molecular weight excluding hydrogens is 254 g/mol. The molecule has 5 nitrogen and oxygen atoms in total. The van der Waals surface area contributed by atoms with Gasteiger partial charge in [0.15, 0.2) is 0 Å². The van der Waals surface area contributed by atoms with Crippen molar-refractivity contribution in [1.29, 1.82) is 0 Å². The van der Waals surface area contributed by atoms with Gasteiger partial charge >= 0.3 is 0 Å². The van der Waals surface area contributed by atoms with E-state index in [-0.39, 0.29) is 29.1 Å². The van der Waals surface area contributed by atoms with Gasteiger partial charge in [-0.3, -0.25) is 9.59 Å². The van der Waals surface area contributed by atoms with Gasteiger partial charge in [-0.2, -0.15) is 0 Å². The second kappa shape index (κ2) is 7.07. The van der Waals surface area contributed by atoms with Crippen LogP contribution >= 0.6 is 0 Å². The number of amides is 2. The summed E-state index contributed by atoms with van der Waals surface area (Å²) < 4.78 is 0. The fourth-order valence-corrected chi connectivity index (χ4v) is 2.38. The zero-order valence-electron chi connectivity index (χ0n) is 13.2. The average Bonchev–Trinajstić information content (AvgIpc) is 2.42. The summed E-state index contributed by atoms with van der Waals surface area (Å²) in [6.07, 6.45) is 1.74. The van der Waals surface area contributed by atoms with Crippen LogP contribution in [0.3, 0.4) is 0 Å². The Hall–Kier alpha value is -1.10. The van der Waals surface area contributed by atoms with Crippen molar-refractivity contribution in [2.45, 2.75) is 40.5 Å². The standard InChI is InChI=1S/C15H29N3O2/c1-11(15(2,3)4)14(20)18-9-5-6-12(10-18)13(19)17-8-7-16/h11-12H,5-10,16H2,1-4H3,(H,17,19). The van der Waals surface area contributed by atoms with E-state index in [1.165, 1.54) is 0 Å². The van der Waals surface area contributed by atoms with Crippen molar-refractivity contribution in [1.82, 2.24) is 10.2 Å². The second-order valence-electron chi connectivity index (χ2n) is 6.79. The normalized spacial score (nSPS) is 21.4. The number of piperidine rings is 1. The molecule has 1 aliphatic heterocycles. The summed E-state index contributed by atoms with van der Waals surface area (Å²) in [4.78, 5) is 26.3. The van der Waals surface area contributed by atoms with E-state index in [1.54, 1.807) is 0 Å². The van der Waals surface area contributed by atoms with Gasteiger partial charge in [0.1, 0.15) is 0 Å². The molecule has 1 fully saturated rings. The fraction of sp³-hybridized carbons (Fsp3) is 0.867. The van der Waals surface area contributed by atoms with E-state index in [2.05, 4.69) is 26.1 Å². The molecule has 0 aromatic heterocycles. The molecule has 0 saturated carbocycles. The Morgan fingerprint density at radius 1 is 1.40 bits per heavy atom. The number of nitrogens with one attached hydrogen (secondary N) is 1. The highest BCUT2D eigenvalue weighted by atomic mass is 16.2. The average molecular weight is 283 g/mol. The summed E-state index contributed by atoms with van der Waals surface area (Å²) in [6, 6.07) is 0. The lowest BCUT2D eigenvalue weighted by Gasteiger charge is -2.37. The number of nitrogens with two attached hydrogens (primary N) is 1.